The molecule has 0 unspecified atom stereocenters. The van der Waals surface area contributed by atoms with E-state index in [1.807, 2.05) is 0 Å². The second kappa shape index (κ2) is 7.49. The highest BCUT2D eigenvalue weighted by molar-refractivity contribution is 9.09. The van der Waals surface area contributed by atoms with Crippen molar-refractivity contribution in [2.24, 2.45) is 0 Å². The van der Waals surface area contributed by atoms with Crippen LogP contribution in [0.15, 0.2) is 18.2 Å². The Morgan fingerprint density at radius 3 is 2.05 bits per heavy atom. The number of carbonyl (C=O) groups is 3. The average molecular weight is 347 g/mol. The van der Waals surface area contributed by atoms with Crippen LogP contribution in [0.25, 0.3) is 0 Å². The molecule has 0 aliphatic rings. The van der Waals surface area contributed by atoms with Crippen LogP contribution in [0, 0.1) is 0 Å². The Kier molecular flexibility index (Phi) is 5.98. The van der Waals surface area contributed by atoms with Gasteiger partial charge in [-0.3, -0.25) is 4.79 Å². The number of hydrogen-bond acceptors (Lipinski definition) is 5. The van der Waals surface area contributed by atoms with Crippen molar-refractivity contribution in [2.45, 2.75) is 0 Å². The van der Waals surface area contributed by atoms with Crippen molar-refractivity contribution in [2.75, 3.05) is 18.5 Å². The normalized spacial score (nSPS) is 9.85. The molecule has 1 rings (SSSR count). The summed E-state index contributed by atoms with van der Waals surface area (Å²) in [6, 6.07) is 4.11. The summed E-state index contributed by atoms with van der Waals surface area (Å²) in [5.41, 5.74) is 0.296. The smallest absolute Gasteiger partial charge is 0.341 e. The highest BCUT2D eigenvalue weighted by Crippen LogP contribution is 2.28. The summed E-state index contributed by atoms with van der Waals surface area (Å²) in [5.74, 6) is -2.56. The Morgan fingerprint density at radius 1 is 1.00 bits per heavy atom. The van der Waals surface area contributed by atoms with Gasteiger partial charge >= 0.3 is 11.9 Å². The van der Waals surface area contributed by atoms with E-state index in [2.05, 4.69) is 15.9 Å². The Morgan fingerprint density at radius 2 is 1.55 bits per heavy atom. The number of ketones is 1. The Bertz CT molecular complexity index is 527. The van der Waals surface area contributed by atoms with Crippen LogP contribution in [0.1, 0.15) is 10.4 Å². The van der Waals surface area contributed by atoms with Gasteiger partial charge in [0.1, 0.15) is 0 Å². The summed E-state index contributed by atoms with van der Waals surface area (Å²) in [7, 11) is 0. The Balaban J connectivity index is 2.98. The zero-order chi connectivity index (χ0) is 15.1. The Labute approximate surface area is 122 Å². The molecule has 0 saturated carbocycles. The second-order valence-electron chi connectivity index (χ2n) is 3.58. The summed E-state index contributed by atoms with van der Waals surface area (Å²) in [6.45, 7) is -1.23. The van der Waals surface area contributed by atoms with Crippen LogP contribution in [0.4, 0.5) is 0 Å². The van der Waals surface area contributed by atoms with Crippen molar-refractivity contribution < 1.29 is 34.1 Å². The molecule has 0 radical (unpaired) electrons. The van der Waals surface area contributed by atoms with Gasteiger partial charge < -0.3 is 19.7 Å². The molecule has 108 valence electrons. The zero-order valence-corrected chi connectivity index (χ0v) is 11.8. The van der Waals surface area contributed by atoms with Crippen LogP contribution in [0.2, 0.25) is 0 Å². The molecule has 0 fully saturated rings. The number of Topliss-reactive ketones (excluding diaryl/α,β-unsaturated/α-hetero) is 1. The first kappa shape index (κ1) is 16.0. The fourth-order valence-corrected chi connectivity index (χ4v) is 1.59. The summed E-state index contributed by atoms with van der Waals surface area (Å²) in [6.07, 6.45) is 0. The van der Waals surface area contributed by atoms with Gasteiger partial charge in [-0.25, -0.2) is 9.59 Å². The minimum absolute atomic E-state index is 0.000417. The van der Waals surface area contributed by atoms with E-state index >= 15 is 0 Å². The van der Waals surface area contributed by atoms with Crippen LogP contribution in [-0.2, 0) is 9.59 Å². The maximum absolute atomic E-state index is 11.5. The fourth-order valence-electron chi connectivity index (χ4n) is 1.27. The van der Waals surface area contributed by atoms with Crippen LogP contribution >= 0.6 is 15.9 Å². The number of carboxylic acid groups (broad SMARTS) is 2. The molecule has 0 saturated heterocycles. The van der Waals surface area contributed by atoms with Gasteiger partial charge in [0.05, 0.1) is 5.33 Å². The molecule has 0 bridgehead atoms. The number of benzene rings is 1. The predicted octanol–water partition coefficient (Wildman–Crippen LogP) is 1.19. The van der Waals surface area contributed by atoms with Crippen molar-refractivity contribution in [3.05, 3.63) is 23.8 Å². The van der Waals surface area contributed by atoms with E-state index in [-0.39, 0.29) is 22.6 Å². The van der Waals surface area contributed by atoms with Gasteiger partial charge in [-0.2, -0.15) is 0 Å². The first-order chi connectivity index (χ1) is 9.43. The quantitative estimate of drug-likeness (QED) is 0.537. The van der Waals surface area contributed by atoms with Crippen LogP contribution in [-0.4, -0.2) is 46.5 Å². The van der Waals surface area contributed by atoms with Crippen molar-refractivity contribution in [3.8, 4) is 11.5 Å². The highest BCUT2D eigenvalue weighted by atomic mass is 79.9. The number of ether oxygens (including phenoxy) is 2. The van der Waals surface area contributed by atoms with Gasteiger partial charge in [0.25, 0.3) is 0 Å². The maximum Gasteiger partial charge on any atom is 0.341 e. The van der Waals surface area contributed by atoms with Crippen LogP contribution < -0.4 is 9.47 Å². The number of carbonyl (C=O) groups excluding carboxylic acids is 1. The zero-order valence-electron chi connectivity index (χ0n) is 10.2. The summed E-state index contributed by atoms with van der Waals surface area (Å²) in [4.78, 5) is 32.5. The minimum Gasteiger partial charge on any atom is -0.479 e. The molecule has 0 aliphatic carbocycles. The largest absolute Gasteiger partial charge is 0.479 e. The molecule has 0 heterocycles. The number of rotatable bonds is 8. The minimum atomic E-state index is -1.20. The van der Waals surface area contributed by atoms with Gasteiger partial charge in [-0.1, -0.05) is 15.9 Å². The molecule has 20 heavy (non-hydrogen) atoms. The average Bonchev–Trinajstić information content (AvgIpc) is 2.42. The molecule has 0 aliphatic heterocycles. The molecule has 0 aromatic heterocycles. The van der Waals surface area contributed by atoms with E-state index in [0.29, 0.717) is 5.56 Å². The molecular weight excluding hydrogens is 336 g/mol. The third kappa shape index (κ3) is 4.88. The summed E-state index contributed by atoms with van der Waals surface area (Å²) in [5, 5.41) is 17.2. The molecule has 1 aromatic rings. The van der Waals surface area contributed by atoms with Crippen molar-refractivity contribution in [3.63, 3.8) is 0 Å². The van der Waals surface area contributed by atoms with Crippen LogP contribution in [0.5, 0.6) is 11.5 Å². The van der Waals surface area contributed by atoms with Gasteiger partial charge in [-0.05, 0) is 18.2 Å². The van der Waals surface area contributed by atoms with Gasteiger partial charge in [0.15, 0.2) is 30.5 Å². The lowest BCUT2D eigenvalue weighted by Crippen LogP contribution is -2.13. The topological polar surface area (TPSA) is 110 Å². The molecule has 0 amide bonds. The van der Waals surface area contributed by atoms with Crippen molar-refractivity contribution >= 4 is 33.7 Å². The molecule has 8 heteroatoms. The van der Waals surface area contributed by atoms with E-state index in [4.69, 9.17) is 19.7 Å². The van der Waals surface area contributed by atoms with Crippen LogP contribution in [0.3, 0.4) is 0 Å². The standard InChI is InChI=1S/C12H11BrO7/c13-4-8(14)7-1-2-9(19-5-11(15)16)10(3-7)20-6-12(17)18/h1-3H,4-6H2,(H,15,16)(H,17,18). The molecule has 0 spiro atoms. The van der Waals surface area contributed by atoms with Crippen molar-refractivity contribution in [1.29, 1.82) is 0 Å². The molecule has 7 nitrogen and oxygen atoms in total. The van der Waals surface area contributed by atoms with Gasteiger partial charge in [0.2, 0.25) is 0 Å². The molecule has 0 atom stereocenters. The lowest BCUT2D eigenvalue weighted by Gasteiger charge is -2.11. The molecular formula is C12H11BrO7. The van der Waals surface area contributed by atoms with E-state index in [1.165, 1.54) is 18.2 Å². The van der Waals surface area contributed by atoms with Gasteiger partial charge in [-0.15, -0.1) is 0 Å². The summed E-state index contributed by atoms with van der Waals surface area (Å²) >= 11 is 3.01. The van der Waals surface area contributed by atoms with E-state index in [0.717, 1.165) is 0 Å². The van der Waals surface area contributed by atoms with E-state index in [9.17, 15) is 14.4 Å². The first-order valence-electron chi connectivity index (χ1n) is 5.36. The predicted molar refractivity (Wildman–Crippen MR) is 70.8 cm³/mol. The van der Waals surface area contributed by atoms with Gasteiger partial charge in [0, 0.05) is 5.56 Å². The molecule has 1 aromatic carbocycles. The fraction of sp³-hybridized carbons (Fsp3) is 0.250. The first-order valence-corrected chi connectivity index (χ1v) is 6.48. The third-order valence-electron chi connectivity index (χ3n) is 2.09. The monoisotopic (exact) mass is 346 g/mol. The summed E-state index contributed by atoms with van der Waals surface area (Å²) < 4.78 is 9.94. The SMILES string of the molecule is O=C(O)COc1ccc(C(=O)CBr)cc1OCC(=O)O. The maximum atomic E-state index is 11.5. The third-order valence-corrected chi connectivity index (χ3v) is 2.60. The number of aliphatic carboxylic acids is 2. The second-order valence-corrected chi connectivity index (χ2v) is 4.14. The van der Waals surface area contributed by atoms with Crippen molar-refractivity contribution in [1.82, 2.24) is 0 Å². The number of alkyl halides is 1. The number of hydrogen-bond donors (Lipinski definition) is 2. The highest BCUT2D eigenvalue weighted by Gasteiger charge is 2.13. The van der Waals surface area contributed by atoms with E-state index < -0.39 is 25.2 Å². The molecule has 2 N–H and O–H groups in total. The lowest BCUT2D eigenvalue weighted by atomic mass is 10.1. The lowest BCUT2D eigenvalue weighted by molar-refractivity contribution is -0.140. The number of carboxylic acids is 2. The Hall–Kier alpha value is -2.09. The number of halogens is 1. The van der Waals surface area contributed by atoms with E-state index in [1.54, 1.807) is 0 Å².